The number of nitrogens with zero attached hydrogens (tertiary/aromatic N) is 3. The number of oxime groups is 1. The zero-order valence-electron chi connectivity index (χ0n) is 6.62. The molecule has 68 valence electrons. The summed E-state index contributed by atoms with van der Waals surface area (Å²) in [6.07, 6.45) is 4.22. The van der Waals surface area contributed by atoms with Crippen LogP contribution in [0.25, 0.3) is 0 Å². The lowest BCUT2D eigenvalue weighted by Crippen LogP contribution is -2.03. The fourth-order valence-electron chi connectivity index (χ4n) is 0.561. The molecular weight excluding hydrogens is 174 g/mol. The summed E-state index contributed by atoms with van der Waals surface area (Å²) < 4.78 is 0. The smallest absolute Gasteiger partial charge is 0.344 e. The van der Waals surface area contributed by atoms with Crippen molar-refractivity contribution < 1.29 is 14.7 Å². The third kappa shape index (κ3) is 3.80. The first-order valence-electron chi connectivity index (χ1n) is 3.42. The molecule has 1 rings (SSSR count). The Morgan fingerprint density at radius 1 is 1.77 bits per heavy atom. The Bertz CT molecular complexity index is 299. The average Bonchev–Trinajstić information content (AvgIpc) is 2.14. The summed E-state index contributed by atoms with van der Waals surface area (Å²) in [4.78, 5) is 21.9. The van der Waals surface area contributed by atoms with Gasteiger partial charge in [-0.3, -0.25) is 0 Å². The third-order valence-corrected chi connectivity index (χ3v) is 1.05. The zero-order chi connectivity index (χ0) is 9.52. The maximum absolute atomic E-state index is 9.99. The van der Waals surface area contributed by atoms with E-state index in [1.165, 1.54) is 12.5 Å². The van der Waals surface area contributed by atoms with Crippen LogP contribution in [0.2, 0.25) is 0 Å². The topological polar surface area (TPSA) is 84.7 Å². The maximum Gasteiger partial charge on any atom is 0.344 e. The van der Waals surface area contributed by atoms with Crippen LogP contribution in [0.1, 0.15) is 5.69 Å². The predicted octanol–water partition coefficient (Wildman–Crippen LogP) is -0.0883. The molecule has 0 aliphatic heterocycles. The van der Waals surface area contributed by atoms with Gasteiger partial charge < -0.3 is 9.94 Å². The Balaban J connectivity index is 2.37. The van der Waals surface area contributed by atoms with E-state index in [9.17, 15) is 4.79 Å². The van der Waals surface area contributed by atoms with Crippen molar-refractivity contribution >= 4 is 12.2 Å². The van der Waals surface area contributed by atoms with Gasteiger partial charge in [-0.05, 0) is 6.07 Å². The summed E-state index contributed by atoms with van der Waals surface area (Å²) in [6, 6.07) is 1.62. The summed E-state index contributed by atoms with van der Waals surface area (Å²) in [6.45, 7) is -0.457. The van der Waals surface area contributed by atoms with Gasteiger partial charge in [-0.1, -0.05) is 5.16 Å². The van der Waals surface area contributed by atoms with E-state index >= 15 is 0 Å². The second kappa shape index (κ2) is 4.81. The molecule has 0 saturated heterocycles. The molecule has 0 atom stereocenters. The highest BCUT2D eigenvalue weighted by Gasteiger charge is 1.93. The second-order valence-electron chi connectivity index (χ2n) is 2.04. The lowest BCUT2D eigenvalue weighted by Gasteiger charge is -1.91. The van der Waals surface area contributed by atoms with Crippen molar-refractivity contribution in [2.24, 2.45) is 5.16 Å². The first-order chi connectivity index (χ1) is 6.29. The van der Waals surface area contributed by atoms with Crippen LogP contribution >= 0.6 is 0 Å². The molecule has 13 heavy (non-hydrogen) atoms. The predicted molar refractivity (Wildman–Crippen MR) is 43.2 cm³/mol. The highest BCUT2D eigenvalue weighted by Crippen LogP contribution is 1.85. The number of carboxylic acid groups (broad SMARTS) is 1. The molecule has 0 bridgehead atoms. The molecule has 0 aromatic carbocycles. The third-order valence-electron chi connectivity index (χ3n) is 1.05. The van der Waals surface area contributed by atoms with Crippen LogP contribution in [-0.4, -0.2) is 33.9 Å². The van der Waals surface area contributed by atoms with E-state index in [1.807, 2.05) is 0 Å². The van der Waals surface area contributed by atoms with Crippen molar-refractivity contribution in [3.63, 3.8) is 0 Å². The van der Waals surface area contributed by atoms with Gasteiger partial charge in [0.2, 0.25) is 6.61 Å². The van der Waals surface area contributed by atoms with Crippen molar-refractivity contribution in [3.05, 3.63) is 24.3 Å². The largest absolute Gasteiger partial charge is 0.479 e. The Morgan fingerprint density at radius 2 is 2.62 bits per heavy atom. The summed E-state index contributed by atoms with van der Waals surface area (Å²) >= 11 is 0. The number of carbonyl (C=O) groups is 1. The molecule has 0 aliphatic rings. The minimum absolute atomic E-state index is 0.457. The fourth-order valence-corrected chi connectivity index (χ4v) is 0.561. The number of aromatic nitrogens is 2. The quantitative estimate of drug-likeness (QED) is 0.518. The minimum atomic E-state index is -1.07. The summed E-state index contributed by atoms with van der Waals surface area (Å²) in [5.41, 5.74) is 0.556. The molecule has 6 heteroatoms. The second-order valence-corrected chi connectivity index (χ2v) is 2.04. The van der Waals surface area contributed by atoms with E-state index in [0.29, 0.717) is 5.69 Å². The molecule has 0 aliphatic carbocycles. The molecule has 0 unspecified atom stereocenters. The molecule has 1 N–H and O–H groups in total. The first kappa shape index (κ1) is 9.11. The van der Waals surface area contributed by atoms with Crippen molar-refractivity contribution in [2.45, 2.75) is 0 Å². The Kier molecular flexibility index (Phi) is 3.37. The normalized spacial score (nSPS) is 10.2. The fraction of sp³-hybridized carbons (Fsp3) is 0.143. The van der Waals surface area contributed by atoms with Gasteiger partial charge in [-0.15, -0.1) is 0 Å². The summed E-state index contributed by atoms with van der Waals surface area (Å²) in [5, 5.41) is 11.6. The van der Waals surface area contributed by atoms with Crippen LogP contribution in [0.4, 0.5) is 0 Å². The van der Waals surface area contributed by atoms with Gasteiger partial charge in [-0.2, -0.15) is 0 Å². The molecule has 0 fully saturated rings. The molecule has 0 spiro atoms. The van der Waals surface area contributed by atoms with Gasteiger partial charge in [0.15, 0.2) is 0 Å². The van der Waals surface area contributed by atoms with E-state index in [0.717, 1.165) is 0 Å². The Hall–Kier alpha value is -1.98. The van der Waals surface area contributed by atoms with E-state index in [-0.39, 0.29) is 0 Å². The van der Waals surface area contributed by atoms with Gasteiger partial charge in [0.1, 0.15) is 6.33 Å². The van der Waals surface area contributed by atoms with Crippen LogP contribution < -0.4 is 0 Å². The van der Waals surface area contributed by atoms with Gasteiger partial charge in [0.25, 0.3) is 0 Å². The summed E-state index contributed by atoms with van der Waals surface area (Å²) in [7, 11) is 0. The molecule has 6 nitrogen and oxygen atoms in total. The molecule has 0 radical (unpaired) electrons. The number of hydrogen-bond acceptors (Lipinski definition) is 5. The van der Waals surface area contributed by atoms with Gasteiger partial charge in [0, 0.05) is 6.20 Å². The number of aliphatic carboxylic acids is 1. The van der Waals surface area contributed by atoms with Crippen molar-refractivity contribution in [1.82, 2.24) is 9.97 Å². The summed E-state index contributed by atoms with van der Waals surface area (Å²) in [5.74, 6) is -1.07. The van der Waals surface area contributed by atoms with E-state index < -0.39 is 12.6 Å². The Labute approximate surface area is 73.9 Å². The number of carboxylic acids is 1. The van der Waals surface area contributed by atoms with Crippen LogP contribution in [0.15, 0.2) is 23.7 Å². The molecule has 1 aromatic rings. The van der Waals surface area contributed by atoms with Crippen LogP contribution in [0.5, 0.6) is 0 Å². The lowest BCUT2D eigenvalue weighted by molar-refractivity contribution is -0.142. The molecule has 1 aromatic heterocycles. The van der Waals surface area contributed by atoms with Gasteiger partial charge >= 0.3 is 5.97 Å². The van der Waals surface area contributed by atoms with Crippen molar-refractivity contribution in [1.29, 1.82) is 0 Å². The highest BCUT2D eigenvalue weighted by molar-refractivity contribution is 5.76. The maximum atomic E-state index is 9.99. The monoisotopic (exact) mass is 181 g/mol. The number of hydrogen-bond donors (Lipinski definition) is 1. The average molecular weight is 181 g/mol. The van der Waals surface area contributed by atoms with E-state index in [2.05, 4.69) is 20.0 Å². The van der Waals surface area contributed by atoms with Gasteiger partial charge in [0.05, 0.1) is 11.9 Å². The van der Waals surface area contributed by atoms with Gasteiger partial charge in [-0.25, -0.2) is 14.8 Å². The highest BCUT2D eigenvalue weighted by atomic mass is 16.6. The standard InChI is InChI=1S/C7H7N3O3/c11-7(12)4-13-10-3-6-1-2-8-5-9-6/h1-3,5H,4H2,(H,11,12). The number of rotatable bonds is 4. The minimum Gasteiger partial charge on any atom is -0.479 e. The van der Waals surface area contributed by atoms with E-state index in [1.54, 1.807) is 12.3 Å². The van der Waals surface area contributed by atoms with Crippen molar-refractivity contribution in [3.8, 4) is 0 Å². The molecular formula is C7H7N3O3. The zero-order valence-corrected chi connectivity index (χ0v) is 6.62. The van der Waals surface area contributed by atoms with E-state index in [4.69, 9.17) is 5.11 Å². The lowest BCUT2D eigenvalue weighted by atomic mass is 10.4. The van der Waals surface area contributed by atoms with Crippen LogP contribution in [-0.2, 0) is 9.63 Å². The van der Waals surface area contributed by atoms with Crippen molar-refractivity contribution in [2.75, 3.05) is 6.61 Å². The van der Waals surface area contributed by atoms with Crippen LogP contribution in [0, 0.1) is 0 Å². The first-order valence-corrected chi connectivity index (χ1v) is 3.42. The molecule has 0 saturated carbocycles. The molecule has 1 heterocycles. The molecule has 0 amide bonds. The Morgan fingerprint density at radius 3 is 3.23 bits per heavy atom. The van der Waals surface area contributed by atoms with Crippen LogP contribution in [0.3, 0.4) is 0 Å². The SMILES string of the molecule is O=C(O)CON=Cc1ccncn1.